The van der Waals surface area contributed by atoms with Gasteiger partial charge in [-0.2, -0.15) is 12.6 Å². The molecule has 3 rings (SSSR count). The lowest BCUT2D eigenvalue weighted by atomic mass is 10.00. The first-order valence-corrected chi connectivity index (χ1v) is 13.2. The molecule has 198 valence electrons. The quantitative estimate of drug-likeness (QED) is 0.350. The summed E-state index contributed by atoms with van der Waals surface area (Å²) in [4.78, 5) is 41.8. The fourth-order valence-electron chi connectivity index (χ4n) is 3.96. The molecule has 1 fully saturated rings. The molecule has 7 nitrogen and oxygen atoms in total. The minimum absolute atomic E-state index is 0.0337. The summed E-state index contributed by atoms with van der Waals surface area (Å²) in [6.45, 7) is 10.9. The molecule has 2 aromatic carbocycles. The van der Waals surface area contributed by atoms with E-state index in [1.165, 1.54) is 0 Å². The van der Waals surface area contributed by atoms with Crippen molar-refractivity contribution in [2.45, 2.75) is 64.3 Å². The molecular formula is C28H34ClN3O4S. The van der Waals surface area contributed by atoms with Crippen molar-refractivity contribution in [3.05, 3.63) is 70.8 Å². The molecule has 0 aliphatic heterocycles. The van der Waals surface area contributed by atoms with Crippen LogP contribution < -0.4 is 10.6 Å². The van der Waals surface area contributed by atoms with Gasteiger partial charge in [0, 0.05) is 11.8 Å². The zero-order chi connectivity index (χ0) is 27.3. The van der Waals surface area contributed by atoms with Crippen molar-refractivity contribution in [3.8, 4) is 0 Å². The molecule has 0 bridgehead atoms. The van der Waals surface area contributed by atoms with Gasteiger partial charge in [-0.1, -0.05) is 54.6 Å². The van der Waals surface area contributed by atoms with E-state index in [0.717, 1.165) is 24.0 Å². The number of ether oxygens (including phenoxy) is 1. The van der Waals surface area contributed by atoms with Crippen LogP contribution in [0.1, 0.15) is 56.3 Å². The number of aryl methyl sites for hydroxylation is 1. The molecule has 2 N–H and O–H groups in total. The van der Waals surface area contributed by atoms with Gasteiger partial charge < -0.3 is 20.3 Å². The highest BCUT2D eigenvalue weighted by Crippen LogP contribution is 2.37. The van der Waals surface area contributed by atoms with Crippen LogP contribution in [-0.4, -0.2) is 46.2 Å². The first-order chi connectivity index (χ1) is 17.4. The smallest absolute Gasteiger partial charge is 0.408 e. The van der Waals surface area contributed by atoms with E-state index in [1.54, 1.807) is 49.9 Å². The normalized spacial score (nSPS) is 14.8. The Hall–Kier alpha value is -2.97. The molecule has 0 saturated heterocycles. The van der Waals surface area contributed by atoms with E-state index in [-0.39, 0.29) is 11.8 Å². The van der Waals surface area contributed by atoms with Gasteiger partial charge in [0.25, 0.3) is 5.91 Å². The van der Waals surface area contributed by atoms with Gasteiger partial charge in [0.1, 0.15) is 17.7 Å². The number of benzene rings is 2. The number of halogens is 1. The average molecular weight is 544 g/mol. The Morgan fingerprint density at radius 1 is 1.22 bits per heavy atom. The van der Waals surface area contributed by atoms with Gasteiger partial charge in [-0.3, -0.25) is 9.59 Å². The Balaban J connectivity index is 2.01. The molecule has 0 radical (unpaired) electrons. The van der Waals surface area contributed by atoms with E-state index in [0.29, 0.717) is 16.3 Å². The Bertz CT molecular complexity index is 1160. The minimum Gasteiger partial charge on any atom is -0.444 e. The molecule has 37 heavy (non-hydrogen) atoms. The maximum atomic E-state index is 13.9. The Morgan fingerprint density at radius 3 is 2.46 bits per heavy atom. The maximum absolute atomic E-state index is 13.9. The Morgan fingerprint density at radius 2 is 1.89 bits per heavy atom. The number of carbonyl (C=O) groups is 3. The molecule has 2 aromatic rings. The van der Waals surface area contributed by atoms with Crippen molar-refractivity contribution in [1.29, 1.82) is 0 Å². The summed E-state index contributed by atoms with van der Waals surface area (Å²) < 4.78 is 5.34. The van der Waals surface area contributed by atoms with Crippen LogP contribution in [0.2, 0.25) is 5.02 Å². The van der Waals surface area contributed by atoms with Crippen LogP contribution in [0.3, 0.4) is 0 Å². The number of alkyl carbamates (subject to hydrolysis) is 1. The van der Waals surface area contributed by atoms with Crippen LogP contribution in [0.25, 0.3) is 6.08 Å². The summed E-state index contributed by atoms with van der Waals surface area (Å²) in [5.41, 5.74) is 1.98. The number of amides is 3. The molecule has 1 aliphatic carbocycles. The third-order valence-corrected chi connectivity index (χ3v) is 6.51. The second-order valence-corrected chi connectivity index (χ2v) is 10.8. The summed E-state index contributed by atoms with van der Waals surface area (Å²) in [6.07, 6.45) is 2.44. The molecule has 3 amide bonds. The molecule has 2 unspecified atom stereocenters. The van der Waals surface area contributed by atoms with E-state index in [9.17, 15) is 14.4 Å². The highest BCUT2D eigenvalue weighted by molar-refractivity contribution is 7.80. The number of hydrogen-bond acceptors (Lipinski definition) is 5. The van der Waals surface area contributed by atoms with E-state index in [1.807, 2.05) is 31.2 Å². The van der Waals surface area contributed by atoms with Crippen LogP contribution in [0, 0.1) is 6.92 Å². The van der Waals surface area contributed by atoms with E-state index >= 15 is 0 Å². The second kappa shape index (κ2) is 12.0. The molecule has 1 saturated carbocycles. The van der Waals surface area contributed by atoms with E-state index in [2.05, 4.69) is 29.8 Å². The third-order valence-electron chi connectivity index (χ3n) is 5.83. The lowest BCUT2D eigenvalue weighted by molar-refractivity contribution is -0.141. The number of carbonyl (C=O) groups excluding carboxylic acids is 3. The van der Waals surface area contributed by atoms with Gasteiger partial charge in [0.05, 0.1) is 10.7 Å². The Kier molecular flexibility index (Phi) is 9.31. The lowest BCUT2D eigenvalue weighted by Gasteiger charge is -2.34. The Labute approximate surface area is 229 Å². The van der Waals surface area contributed by atoms with Crippen molar-refractivity contribution in [2.75, 3.05) is 11.1 Å². The van der Waals surface area contributed by atoms with Gasteiger partial charge in [-0.05, 0) is 69.4 Å². The summed E-state index contributed by atoms with van der Waals surface area (Å²) in [7, 11) is 0. The molecule has 1 aliphatic rings. The molecular weight excluding hydrogens is 510 g/mol. The van der Waals surface area contributed by atoms with Crippen LogP contribution in [0.5, 0.6) is 0 Å². The zero-order valence-corrected chi connectivity index (χ0v) is 23.2. The molecule has 0 aromatic heterocycles. The maximum Gasteiger partial charge on any atom is 0.408 e. The van der Waals surface area contributed by atoms with Crippen molar-refractivity contribution >= 4 is 53.9 Å². The monoisotopic (exact) mass is 543 g/mol. The van der Waals surface area contributed by atoms with Gasteiger partial charge in [-0.15, -0.1) is 0 Å². The number of hydrogen-bond donors (Lipinski definition) is 3. The molecule has 0 spiro atoms. The molecule has 0 heterocycles. The van der Waals surface area contributed by atoms with Crippen LogP contribution >= 0.6 is 24.2 Å². The summed E-state index contributed by atoms with van der Waals surface area (Å²) in [6, 6.07) is 10.5. The number of anilines is 1. The highest BCUT2D eigenvalue weighted by Gasteiger charge is 2.44. The van der Waals surface area contributed by atoms with Gasteiger partial charge in [0.15, 0.2) is 0 Å². The fraction of sp³-hybridized carbons (Fsp3) is 0.393. The predicted molar refractivity (Wildman–Crippen MR) is 151 cm³/mol. The van der Waals surface area contributed by atoms with E-state index < -0.39 is 35.6 Å². The summed E-state index contributed by atoms with van der Waals surface area (Å²) >= 11 is 10.7. The van der Waals surface area contributed by atoms with Crippen molar-refractivity contribution in [3.63, 3.8) is 0 Å². The van der Waals surface area contributed by atoms with Crippen molar-refractivity contribution < 1.29 is 19.1 Å². The first-order valence-electron chi connectivity index (χ1n) is 12.2. The summed E-state index contributed by atoms with van der Waals surface area (Å²) in [5.74, 6) is -0.789. The van der Waals surface area contributed by atoms with Gasteiger partial charge in [-0.25, -0.2) is 4.79 Å². The van der Waals surface area contributed by atoms with Crippen molar-refractivity contribution in [2.24, 2.45) is 0 Å². The van der Waals surface area contributed by atoms with Gasteiger partial charge in [0.2, 0.25) is 5.91 Å². The zero-order valence-electron chi connectivity index (χ0n) is 21.6. The average Bonchev–Trinajstić information content (AvgIpc) is 3.67. The fourth-order valence-corrected chi connectivity index (χ4v) is 4.48. The standard InChI is InChI=1S/C28H34ClN3O4S/c1-6-18-10-8-11-19(15-18)24(25(33)31-23-17(2)9-7-12-21(23)29)32(20-13-14-20)26(34)22(16-37)30-27(35)36-28(3,4)5/h6-12,15,20,22,24,37H,1,13-14,16H2,2-5H3,(H,30,35)(H,31,33). The third kappa shape index (κ3) is 7.52. The molecule has 9 heteroatoms. The van der Waals surface area contributed by atoms with Crippen molar-refractivity contribution in [1.82, 2.24) is 10.2 Å². The van der Waals surface area contributed by atoms with Crippen LogP contribution in [-0.2, 0) is 14.3 Å². The second-order valence-electron chi connectivity index (χ2n) is 10.1. The summed E-state index contributed by atoms with van der Waals surface area (Å²) in [5, 5.41) is 5.96. The van der Waals surface area contributed by atoms with Crippen LogP contribution in [0.15, 0.2) is 49.0 Å². The number of nitrogens with one attached hydrogen (secondary N) is 2. The number of rotatable bonds is 9. The largest absolute Gasteiger partial charge is 0.444 e. The minimum atomic E-state index is -0.987. The van der Waals surface area contributed by atoms with Crippen LogP contribution in [0.4, 0.5) is 10.5 Å². The SMILES string of the molecule is C=Cc1cccc(C(C(=O)Nc2c(C)cccc2Cl)N(C(=O)C(CS)NC(=O)OC(C)(C)C)C2CC2)c1. The predicted octanol–water partition coefficient (Wildman–Crippen LogP) is 5.79. The number of nitrogens with zero attached hydrogens (tertiary/aromatic N) is 1. The highest BCUT2D eigenvalue weighted by atomic mass is 35.5. The first kappa shape index (κ1) is 28.6. The number of thiol groups is 1. The van der Waals surface area contributed by atoms with Gasteiger partial charge >= 0.3 is 6.09 Å². The topological polar surface area (TPSA) is 87.7 Å². The number of para-hydroxylation sites is 1. The van der Waals surface area contributed by atoms with E-state index in [4.69, 9.17) is 16.3 Å². The molecule has 2 atom stereocenters. The lowest BCUT2D eigenvalue weighted by Crippen LogP contribution is -2.54.